The minimum atomic E-state index is -0.487. The Labute approximate surface area is 131 Å². The van der Waals surface area contributed by atoms with Gasteiger partial charge in [-0.25, -0.2) is 4.79 Å². The minimum absolute atomic E-state index is 0.244. The van der Waals surface area contributed by atoms with Gasteiger partial charge in [0.05, 0.1) is 22.7 Å². The number of aromatic amines is 1. The molecule has 4 nitrogen and oxygen atoms in total. The molecule has 110 valence electrons. The van der Waals surface area contributed by atoms with Gasteiger partial charge in [-0.15, -0.1) is 0 Å². The number of methoxy groups -OCH3 is 1. The van der Waals surface area contributed by atoms with E-state index in [1.807, 2.05) is 0 Å². The number of esters is 1. The van der Waals surface area contributed by atoms with E-state index in [4.69, 9.17) is 27.9 Å². The number of aromatic nitrogens is 1. The third-order valence-corrected chi connectivity index (χ3v) is 3.84. The second kappa shape index (κ2) is 6.33. The maximum atomic E-state index is 12.0. The smallest absolute Gasteiger partial charge is 0.339 e. The molecule has 1 aromatic heterocycles. The molecule has 21 heavy (non-hydrogen) atoms. The molecule has 1 aromatic carbocycles. The van der Waals surface area contributed by atoms with Crippen molar-refractivity contribution in [2.45, 2.75) is 13.3 Å². The third-order valence-electron chi connectivity index (χ3n) is 3.10. The van der Waals surface area contributed by atoms with Crippen molar-refractivity contribution in [3.05, 3.63) is 67.0 Å². The highest BCUT2D eigenvalue weighted by molar-refractivity contribution is 6.42. The topological polar surface area (TPSA) is 59.2 Å². The second-order valence-corrected chi connectivity index (χ2v) is 5.39. The summed E-state index contributed by atoms with van der Waals surface area (Å²) in [5.74, 6) is -0.487. The Bertz CT molecular complexity index is 753. The summed E-state index contributed by atoms with van der Waals surface area (Å²) < 4.78 is 4.70. The van der Waals surface area contributed by atoms with Crippen LogP contribution in [0.3, 0.4) is 0 Å². The minimum Gasteiger partial charge on any atom is -0.465 e. The Morgan fingerprint density at radius 3 is 2.57 bits per heavy atom. The number of aryl methyl sites for hydroxylation is 1. The number of ether oxygens (including phenoxy) is 1. The maximum Gasteiger partial charge on any atom is 0.339 e. The van der Waals surface area contributed by atoms with Gasteiger partial charge in [-0.05, 0) is 30.7 Å². The van der Waals surface area contributed by atoms with E-state index in [2.05, 4.69) is 4.98 Å². The molecule has 0 bridgehead atoms. The summed E-state index contributed by atoms with van der Waals surface area (Å²) in [6.45, 7) is 1.65. The van der Waals surface area contributed by atoms with Crippen LogP contribution in [0.4, 0.5) is 0 Å². The van der Waals surface area contributed by atoms with Gasteiger partial charge in [0.2, 0.25) is 0 Å². The van der Waals surface area contributed by atoms with Gasteiger partial charge in [0.1, 0.15) is 0 Å². The van der Waals surface area contributed by atoms with Crippen LogP contribution in [0.25, 0.3) is 0 Å². The molecule has 6 heteroatoms. The van der Waals surface area contributed by atoms with E-state index in [1.165, 1.54) is 7.11 Å². The van der Waals surface area contributed by atoms with E-state index in [0.717, 1.165) is 5.56 Å². The molecule has 0 saturated heterocycles. The fraction of sp³-hybridized carbons (Fsp3) is 0.200. The summed E-state index contributed by atoms with van der Waals surface area (Å²) in [6.07, 6.45) is 0.344. The van der Waals surface area contributed by atoms with Gasteiger partial charge in [0.15, 0.2) is 0 Å². The highest BCUT2D eigenvalue weighted by atomic mass is 35.5. The van der Waals surface area contributed by atoms with E-state index in [1.54, 1.807) is 31.2 Å². The fourth-order valence-corrected chi connectivity index (χ4v) is 2.31. The molecule has 0 atom stereocenters. The lowest BCUT2D eigenvalue weighted by Crippen LogP contribution is -2.18. The first-order valence-corrected chi connectivity index (χ1v) is 6.93. The first-order valence-electron chi connectivity index (χ1n) is 6.17. The van der Waals surface area contributed by atoms with Crippen LogP contribution in [0.1, 0.15) is 27.2 Å². The molecule has 2 rings (SSSR count). The SMILES string of the molecule is COC(=O)c1cc(Cc2ccc(Cl)c(Cl)c2)c(=O)[nH]c1C. The summed E-state index contributed by atoms with van der Waals surface area (Å²) in [5.41, 5.74) is 1.86. The van der Waals surface area contributed by atoms with Crippen molar-refractivity contribution in [1.29, 1.82) is 0 Å². The van der Waals surface area contributed by atoms with Crippen molar-refractivity contribution in [2.75, 3.05) is 7.11 Å². The van der Waals surface area contributed by atoms with Crippen LogP contribution < -0.4 is 5.56 Å². The molecule has 0 fully saturated rings. The van der Waals surface area contributed by atoms with Gasteiger partial charge < -0.3 is 9.72 Å². The Balaban J connectivity index is 2.41. The van der Waals surface area contributed by atoms with Gasteiger partial charge in [0, 0.05) is 17.7 Å². The summed E-state index contributed by atoms with van der Waals surface area (Å²) in [6, 6.07) is 6.69. The number of carbonyl (C=O) groups excluding carboxylic acids is 1. The van der Waals surface area contributed by atoms with E-state index in [0.29, 0.717) is 33.3 Å². The van der Waals surface area contributed by atoms with Crippen LogP contribution in [-0.4, -0.2) is 18.1 Å². The maximum absolute atomic E-state index is 12.0. The van der Waals surface area contributed by atoms with Crippen LogP contribution in [-0.2, 0) is 11.2 Å². The van der Waals surface area contributed by atoms with Crippen molar-refractivity contribution in [3.63, 3.8) is 0 Å². The largest absolute Gasteiger partial charge is 0.465 e. The molecular formula is C15H13Cl2NO3. The summed E-state index contributed by atoms with van der Waals surface area (Å²) in [4.78, 5) is 26.3. The van der Waals surface area contributed by atoms with E-state index < -0.39 is 5.97 Å². The molecule has 0 spiro atoms. The van der Waals surface area contributed by atoms with Crippen molar-refractivity contribution in [2.24, 2.45) is 0 Å². The molecule has 0 radical (unpaired) electrons. The standard InChI is InChI=1S/C15H13Cl2NO3/c1-8-11(15(20)21-2)7-10(14(19)18-8)5-9-3-4-12(16)13(17)6-9/h3-4,6-7H,5H2,1-2H3,(H,18,19). The Morgan fingerprint density at radius 2 is 1.95 bits per heavy atom. The van der Waals surface area contributed by atoms with Gasteiger partial charge >= 0.3 is 5.97 Å². The van der Waals surface area contributed by atoms with Crippen molar-refractivity contribution >= 4 is 29.2 Å². The lowest BCUT2D eigenvalue weighted by molar-refractivity contribution is 0.0599. The van der Waals surface area contributed by atoms with Crippen LogP contribution >= 0.6 is 23.2 Å². The van der Waals surface area contributed by atoms with Crippen molar-refractivity contribution in [3.8, 4) is 0 Å². The zero-order valence-electron chi connectivity index (χ0n) is 11.5. The molecular weight excluding hydrogens is 313 g/mol. The Morgan fingerprint density at radius 1 is 1.24 bits per heavy atom. The lowest BCUT2D eigenvalue weighted by atomic mass is 10.0. The number of halogens is 2. The lowest BCUT2D eigenvalue weighted by Gasteiger charge is -2.07. The molecule has 0 aliphatic heterocycles. The third kappa shape index (κ3) is 3.46. The number of rotatable bonds is 3. The fourth-order valence-electron chi connectivity index (χ4n) is 1.99. The molecule has 1 heterocycles. The summed E-state index contributed by atoms with van der Waals surface area (Å²) in [5, 5.41) is 0.874. The average Bonchev–Trinajstić information content (AvgIpc) is 2.45. The molecule has 0 amide bonds. The van der Waals surface area contributed by atoms with Crippen molar-refractivity contribution < 1.29 is 9.53 Å². The first kappa shape index (κ1) is 15.6. The van der Waals surface area contributed by atoms with Gasteiger partial charge in [0.25, 0.3) is 5.56 Å². The van der Waals surface area contributed by atoms with Gasteiger partial charge in [-0.2, -0.15) is 0 Å². The molecule has 0 aliphatic carbocycles. The van der Waals surface area contributed by atoms with Crippen LogP contribution in [0.5, 0.6) is 0 Å². The molecule has 0 saturated carbocycles. The number of nitrogens with one attached hydrogen (secondary N) is 1. The number of hydrogen-bond acceptors (Lipinski definition) is 3. The number of H-pyrrole nitrogens is 1. The van der Waals surface area contributed by atoms with E-state index in [-0.39, 0.29) is 5.56 Å². The van der Waals surface area contributed by atoms with Gasteiger partial charge in [-0.1, -0.05) is 29.3 Å². The summed E-state index contributed by atoms with van der Waals surface area (Å²) in [7, 11) is 1.30. The second-order valence-electron chi connectivity index (χ2n) is 4.58. The zero-order valence-corrected chi connectivity index (χ0v) is 13.0. The first-order chi connectivity index (χ1) is 9.92. The van der Waals surface area contributed by atoms with Crippen molar-refractivity contribution in [1.82, 2.24) is 4.98 Å². The van der Waals surface area contributed by atoms with Crippen LogP contribution in [0.15, 0.2) is 29.1 Å². The molecule has 0 aliphatic rings. The monoisotopic (exact) mass is 325 g/mol. The summed E-state index contributed by atoms with van der Waals surface area (Å²) >= 11 is 11.8. The Hall–Kier alpha value is -1.78. The quantitative estimate of drug-likeness (QED) is 0.880. The van der Waals surface area contributed by atoms with Crippen LogP contribution in [0, 0.1) is 6.92 Å². The number of pyridine rings is 1. The normalized spacial score (nSPS) is 10.5. The zero-order chi connectivity index (χ0) is 15.6. The molecule has 1 N–H and O–H groups in total. The van der Waals surface area contributed by atoms with Crippen LogP contribution in [0.2, 0.25) is 10.0 Å². The van der Waals surface area contributed by atoms with E-state index >= 15 is 0 Å². The van der Waals surface area contributed by atoms with E-state index in [9.17, 15) is 9.59 Å². The average molecular weight is 326 g/mol. The van der Waals surface area contributed by atoms with Gasteiger partial charge in [-0.3, -0.25) is 4.79 Å². The Kier molecular flexibility index (Phi) is 4.70. The predicted octanol–water partition coefficient (Wildman–Crippen LogP) is 3.37. The predicted molar refractivity (Wildman–Crippen MR) is 82.4 cm³/mol. The highest BCUT2D eigenvalue weighted by Crippen LogP contribution is 2.23. The highest BCUT2D eigenvalue weighted by Gasteiger charge is 2.13. The molecule has 0 unspecified atom stereocenters. The number of benzene rings is 1. The molecule has 2 aromatic rings. The number of carbonyl (C=O) groups is 1. The number of hydrogen-bond donors (Lipinski definition) is 1.